The molecular formula is C15H20N2O2S. The van der Waals surface area contributed by atoms with Crippen molar-refractivity contribution in [2.75, 3.05) is 7.05 Å². The normalized spacial score (nSPS) is 11.1. The van der Waals surface area contributed by atoms with Crippen LogP contribution in [0, 0.1) is 6.92 Å². The zero-order valence-corrected chi connectivity index (χ0v) is 13.2. The van der Waals surface area contributed by atoms with Gasteiger partial charge in [-0.15, -0.1) is 11.3 Å². The topological polar surface area (TPSA) is 46.3 Å². The quantitative estimate of drug-likeness (QED) is 0.849. The Kier molecular flexibility index (Phi) is 4.60. The highest BCUT2D eigenvalue weighted by Crippen LogP contribution is 2.19. The van der Waals surface area contributed by atoms with Gasteiger partial charge in [-0.3, -0.25) is 4.79 Å². The second-order valence-corrected chi connectivity index (χ2v) is 6.16. The van der Waals surface area contributed by atoms with Gasteiger partial charge in [0.15, 0.2) is 0 Å². The molecule has 0 saturated carbocycles. The standard InChI is InChI=1S/C15H20N2O2S/c1-10(2)15-16-12(9-20-15)7-14(18)17(4)8-13-6-5-11(3)19-13/h5-6,9-10H,7-8H2,1-4H3. The van der Waals surface area contributed by atoms with Crippen molar-refractivity contribution in [3.63, 3.8) is 0 Å². The molecule has 0 spiro atoms. The molecule has 108 valence electrons. The van der Waals surface area contributed by atoms with Crippen LogP contribution < -0.4 is 0 Å². The first kappa shape index (κ1) is 14.8. The van der Waals surface area contributed by atoms with Gasteiger partial charge in [0, 0.05) is 18.3 Å². The van der Waals surface area contributed by atoms with Crippen LogP contribution in [0.2, 0.25) is 0 Å². The third-order valence-electron chi connectivity index (χ3n) is 3.01. The molecule has 0 fully saturated rings. The molecule has 2 rings (SSSR count). The number of amides is 1. The smallest absolute Gasteiger partial charge is 0.228 e. The SMILES string of the molecule is Cc1ccc(CN(C)C(=O)Cc2csc(C(C)C)n2)o1. The maximum absolute atomic E-state index is 12.2. The number of likely N-dealkylation sites (N-methyl/N-ethyl adjacent to an activating group) is 1. The molecule has 2 aromatic rings. The first-order chi connectivity index (χ1) is 9.45. The molecule has 5 heteroatoms. The summed E-state index contributed by atoms with van der Waals surface area (Å²) >= 11 is 1.62. The maximum Gasteiger partial charge on any atom is 0.228 e. The fraction of sp³-hybridized carbons (Fsp3) is 0.467. The van der Waals surface area contributed by atoms with E-state index in [1.165, 1.54) is 0 Å². The highest BCUT2D eigenvalue weighted by molar-refractivity contribution is 7.09. The molecule has 0 unspecified atom stereocenters. The molecule has 4 nitrogen and oxygen atoms in total. The summed E-state index contributed by atoms with van der Waals surface area (Å²) in [5, 5.41) is 3.05. The average Bonchev–Trinajstić information content (AvgIpc) is 2.98. The first-order valence-electron chi connectivity index (χ1n) is 6.69. The van der Waals surface area contributed by atoms with Gasteiger partial charge < -0.3 is 9.32 Å². The van der Waals surface area contributed by atoms with Crippen molar-refractivity contribution in [1.29, 1.82) is 0 Å². The summed E-state index contributed by atoms with van der Waals surface area (Å²) in [7, 11) is 1.79. The van der Waals surface area contributed by atoms with Crippen LogP contribution in [0.3, 0.4) is 0 Å². The van der Waals surface area contributed by atoms with Crippen LogP contribution in [0.1, 0.15) is 42.0 Å². The van der Waals surface area contributed by atoms with E-state index >= 15 is 0 Å². The summed E-state index contributed by atoms with van der Waals surface area (Å²) in [6.45, 7) is 6.60. The molecule has 0 atom stereocenters. The lowest BCUT2D eigenvalue weighted by molar-refractivity contribution is -0.130. The Labute approximate surface area is 123 Å². The minimum Gasteiger partial charge on any atom is -0.464 e. The third-order valence-corrected chi connectivity index (χ3v) is 4.20. The van der Waals surface area contributed by atoms with Crippen molar-refractivity contribution in [1.82, 2.24) is 9.88 Å². The van der Waals surface area contributed by atoms with Gasteiger partial charge in [-0.25, -0.2) is 4.98 Å². The summed E-state index contributed by atoms with van der Waals surface area (Å²) in [4.78, 5) is 18.3. The van der Waals surface area contributed by atoms with Crippen molar-refractivity contribution in [3.8, 4) is 0 Å². The van der Waals surface area contributed by atoms with E-state index in [9.17, 15) is 4.79 Å². The molecule has 2 aromatic heterocycles. The van der Waals surface area contributed by atoms with Gasteiger partial charge in [-0.05, 0) is 19.1 Å². The molecule has 0 aliphatic rings. The molecular weight excluding hydrogens is 272 g/mol. The summed E-state index contributed by atoms with van der Waals surface area (Å²) < 4.78 is 5.48. The molecule has 0 aromatic carbocycles. The van der Waals surface area contributed by atoms with Crippen LogP contribution in [0.25, 0.3) is 0 Å². The van der Waals surface area contributed by atoms with Crippen molar-refractivity contribution in [2.24, 2.45) is 0 Å². The van der Waals surface area contributed by atoms with Gasteiger partial charge in [0.2, 0.25) is 5.91 Å². The lowest BCUT2D eigenvalue weighted by atomic mass is 10.2. The van der Waals surface area contributed by atoms with E-state index < -0.39 is 0 Å². The van der Waals surface area contributed by atoms with E-state index in [0.717, 1.165) is 22.2 Å². The largest absolute Gasteiger partial charge is 0.464 e. The Morgan fingerprint density at radius 1 is 1.45 bits per heavy atom. The summed E-state index contributed by atoms with van der Waals surface area (Å²) in [5.41, 5.74) is 0.853. The number of hydrogen-bond donors (Lipinski definition) is 0. The summed E-state index contributed by atoms with van der Waals surface area (Å²) in [6.07, 6.45) is 0.347. The van der Waals surface area contributed by atoms with Gasteiger partial charge >= 0.3 is 0 Å². The number of hydrogen-bond acceptors (Lipinski definition) is 4. The van der Waals surface area contributed by atoms with Crippen LogP contribution in [-0.2, 0) is 17.8 Å². The van der Waals surface area contributed by atoms with Crippen LogP contribution in [0.4, 0.5) is 0 Å². The van der Waals surface area contributed by atoms with Gasteiger partial charge in [0.25, 0.3) is 0 Å². The number of rotatable bonds is 5. The Bertz CT molecular complexity index is 586. The Hall–Kier alpha value is -1.62. The zero-order chi connectivity index (χ0) is 14.7. The summed E-state index contributed by atoms with van der Waals surface area (Å²) in [6, 6.07) is 3.81. The Morgan fingerprint density at radius 3 is 2.75 bits per heavy atom. The van der Waals surface area contributed by atoms with E-state index in [-0.39, 0.29) is 5.91 Å². The first-order valence-corrected chi connectivity index (χ1v) is 7.57. The van der Waals surface area contributed by atoms with E-state index in [2.05, 4.69) is 18.8 Å². The minimum absolute atomic E-state index is 0.0552. The van der Waals surface area contributed by atoms with Crippen molar-refractivity contribution < 1.29 is 9.21 Å². The molecule has 0 saturated heterocycles. The lowest BCUT2D eigenvalue weighted by Gasteiger charge is -2.14. The molecule has 2 heterocycles. The van der Waals surface area contributed by atoms with Gasteiger partial charge in [-0.1, -0.05) is 13.8 Å². The number of aryl methyl sites for hydroxylation is 1. The van der Waals surface area contributed by atoms with Crippen molar-refractivity contribution in [2.45, 2.75) is 39.7 Å². The zero-order valence-electron chi connectivity index (χ0n) is 12.3. The maximum atomic E-state index is 12.2. The number of thiazole rings is 1. The second-order valence-electron chi connectivity index (χ2n) is 5.27. The van der Waals surface area contributed by atoms with E-state index in [4.69, 9.17) is 4.42 Å². The van der Waals surface area contributed by atoms with Crippen LogP contribution >= 0.6 is 11.3 Å². The van der Waals surface area contributed by atoms with E-state index in [1.54, 1.807) is 23.3 Å². The van der Waals surface area contributed by atoms with Crippen LogP contribution in [0.5, 0.6) is 0 Å². The summed E-state index contributed by atoms with van der Waals surface area (Å²) in [5.74, 6) is 2.13. The molecule has 0 radical (unpaired) electrons. The fourth-order valence-electron chi connectivity index (χ4n) is 1.85. The van der Waals surface area contributed by atoms with Gasteiger partial charge in [0.05, 0.1) is 23.7 Å². The predicted molar refractivity (Wildman–Crippen MR) is 79.8 cm³/mol. The number of furan rings is 1. The van der Waals surface area contributed by atoms with E-state index in [1.807, 2.05) is 24.4 Å². The highest BCUT2D eigenvalue weighted by Gasteiger charge is 2.14. The van der Waals surface area contributed by atoms with Crippen molar-refractivity contribution in [3.05, 3.63) is 39.7 Å². The lowest BCUT2D eigenvalue weighted by Crippen LogP contribution is -2.27. The molecule has 0 bridgehead atoms. The second kappa shape index (κ2) is 6.22. The molecule has 0 aliphatic heterocycles. The third kappa shape index (κ3) is 3.70. The fourth-order valence-corrected chi connectivity index (χ4v) is 2.69. The van der Waals surface area contributed by atoms with Gasteiger partial charge in [0.1, 0.15) is 11.5 Å². The van der Waals surface area contributed by atoms with Crippen molar-refractivity contribution >= 4 is 17.2 Å². The number of carbonyl (C=O) groups is 1. The molecule has 0 aliphatic carbocycles. The number of carbonyl (C=O) groups excluding carboxylic acids is 1. The highest BCUT2D eigenvalue weighted by atomic mass is 32.1. The molecule has 1 amide bonds. The monoisotopic (exact) mass is 292 g/mol. The Morgan fingerprint density at radius 2 is 2.20 bits per heavy atom. The van der Waals surface area contributed by atoms with E-state index in [0.29, 0.717) is 18.9 Å². The predicted octanol–water partition coefficient (Wildman–Crippen LogP) is 3.37. The Balaban J connectivity index is 1.93. The number of nitrogens with zero attached hydrogens (tertiary/aromatic N) is 2. The molecule has 0 N–H and O–H groups in total. The number of aromatic nitrogens is 1. The molecule has 20 heavy (non-hydrogen) atoms. The minimum atomic E-state index is 0.0552. The van der Waals surface area contributed by atoms with Gasteiger partial charge in [-0.2, -0.15) is 0 Å². The average molecular weight is 292 g/mol. The van der Waals surface area contributed by atoms with Crippen LogP contribution in [0.15, 0.2) is 21.9 Å². The van der Waals surface area contributed by atoms with Crippen LogP contribution in [-0.4, -0.2) is 22.8 Å².